The highest BCUT2D eigenvalue weighted by molar-refractivity contribution is 6.03. The van der Waals surface area contributed by atoms with E-state index in [0.717, 1.165) is 24.3 Å². The molecule has 6 nitrogen and oxygen atoms in total. The largest absolute Gasteiger partial charge is 0.435 e. The number of nitrogens with zero attached hydrogens (tertiary/aromatic N) is 3. The summed E-state index contributed by atoms with van der Waals surface area (Å²) in [7, 11) is 0. The normalized spacial score (nSPS) is 11.6. The molecule has 152 valence electrons. The van der Waals surface area contributed by atoms with Gasteiger partial charge in [0.2, 0.25) is 0 Å². The van der Waals surface area contributed by atoms with Gasteiger partial charge < -0.3 is 10.1 Å². The van der Waals surface area contributed by atoms with Crippen molar-refractivity contribution >= 4 is 11.6 Å². The number of amides is 1. The van der Waals surface area contributed by atoms with E-state index in [1.807, 2.05) is 0 Å². The molecule has 2 aromatic carbocycles. The lowest BCUT2D eigenvalue weighted by atomic mass is 10.2. The van der Waals surface area contributed by atoms with Crippen molar-refractivity contribution in [2.45, 2.75) is 19.7 Å². The van der Waals surface area contributed by atoms with Crippen LogP contribution in [-0.4, -0.2) is 27.5 Å². The molecule has 1 aromatic heterocycles. The van der Waals surface area contributed by atoms with Crippen molar-refractivity contribution in [1.29, 1.82) is 0 Å². The van der Waals surface area contributed by atoms with E-state index >= 15 is 0 Å². The summed E-state index contributed by atoms with van der Waals surface area (Å²) in [6.07, 6.45) is -4.47. The predicted molar refractivity (Wildman–Crippen MR) is 92.1 cm³/mol. The second kappa shape index (κ2) is 7.86. The molecule has 0 bridgehead atoms. The fourth-order valence-corrected chi connectivity index (χ4v) is 2.49. The van der Waals surface area contributed by atoms with Crippen LogP contribution < -0.4 is 10.1 Å². The number of nitrogens with one attached hydrogen (secondary N) is 1. The molecule has 1 N–H and O–H groups in total. The third-order valence-corrected chi connectivity index (χ3v) is 3.89. The summed E-state index contributed by atoms with van der Waals surface area (Å²) in [5.74, 6) is -0.701. The summed E-state index contributed by atoms with van der Waals surface area (Å²) < 4.78 is 67.8. The molecule has 3 aromatic rings. The van der Waals surface area contributed by atoms with Crippen LogP contribution >= 0.6 is 0 Å². The highest BCUT2D eigenvalue weighted by Gasteiger charge is 2.30. The number of carbonyl (C=O) groups is 1. The number of aromatic nitrogens is 3. The van der Waals surface area contributed by atoms with E-state index in [4.69, 9.17) is 0 Å². The van der Waals surface area contributed by atoms with Crippen LogP contribution in [0.1, 0.15) is 21.7 Å². The smallest absolute Gasteiger partial charge is 0.416 e. The Bertz CT molecular complexity index is 999. The van der Waals surface area contributed by atoms with Crippen LogP contribution in [0.2, 0.25) is 0 Å². The fourth-order valence-electron chi connectivity index (χ4n) is 2.49. The van der Waals surface area contributed by atoms with Crippen LogP contribution in [0, 0.1) is 6.92 Å². The highest BCUT2D eigenvalue weighted by Crippen LogP contribution is 2.30. The fraction of sp³-hybridized carbons (Fsp3) is 0.167. The lowest BCUT2D eigenvalue weighted by Gasteiger charge is -2.09. The van der Waals surface area contributed by atoms with Gasteiger partial charge in [-0.3, -0.25) is 4.79 Å². The van der Waals surface area contributed by atoms with Gasteiger partial charge >= 0.3 is 12.8 Å². The zero-order valence-electron chi connectivity index (χ0n) is 14.7. The summed E-state index contributed by atoms with van der Waals surface area (Å²) in [6.45, 7) is -1.39. The molecular weight excluding hydrogens is 399 g/mol. The second-order valence-corrected chi connectivity index (χ2v) is 5.84. The number of hydrogen-bond donors (Lipinski definition) is 1. The molecule has 1 amide bonds. The van der Waals surface area contributed by atoms with Gasteiger partial charge in [-0.05, 0) is 55.5 Å². The summed E-state index contributed by atoms with van der Waals surface area (Å²) in [4.78, 5) is 12.4. The molecule has 0 fully saturated rings. The first kappa shape index (κ1) is 20.2. The SMILES string of the molecule is Cc1c(C(=O)Nc2ccc(C(F)(F)F)cc2)nnn1-c1ccc(OC(F)F)cc1. The van der Waals surface area contributed by atoms with E-state index in [9.17, 15) is 26.7 Å². The molecule has 1 heterocycles. The Hall–Kier alpha value is -3.50. The standard InChI is InChI=1S/C18H13F5N4O2/c1-10-15(16(28)24-12-4-2-11(3-5-12)18(21,22)23)25-26-27(10)13-6-8-14(9-7-13)29-17(19)20/h2-9,17H,1H3,(H,24,28). The number of ether oxygens (including phenoxy) is 1. The number of hydrogen-bond acceptors (Lipinski definition) is 4. The third kappa shape index (κ3) is 4.68. The van der Waals surface area contributed by atoms with Crippen molar-refractivity contribution in [3.63, 3.8) is 0 Å². The Morgan fingerprint density at radius 1 is 1.07 bits per heavy atom. The molecule has 0 aliphatic heterocycles. The topological polar surface area (TPSA) is 69.0 Å². The lowest BCUT2D eigenvalue weighted by Crippen LogP contribution is -2.14. The van der Waals surface area contributed by atoms with Crippen molar-refractivity contribution in [3.05, 3.63) is 65.5 Å². The van der Waals surface area contributed by atoms with Gasteiger partial charge in [-0.1, -0.05) is 5.21 Å². The van der Waals surface area contributed by atoms with Gasteiger partial charge in [-0.2, -0.15) is 22.0 Å². The summed E-state index contributed by atoms with van der Waals surface area (Å²) in [6, 6.07) is 9.48. The van der Waals surface area contributed by atoms with E-state index in [1.165, 1.54) is 28.9 Å². The molecule has 0 unspecified atom stereocenters. The monoisotopic (exact) mass is 412 g/mol. The average Bonchev–Trinajstić information content (AvgIpc) is 3.03. The van der Waals surface area contributed by atoms with Crippen molar-refractivity contribution < 1.29 is 31.5 Å². The van der Waals surface area contributed by atoms with Crippen LogP contribution in [-0.2, 0) is 6.18 Å². The van der Waals surface area contributed by atoms with Crippen LogP contribution in [0.15, 0.2) is 48.5 Å². The van der Waals surface area contributed by atoms with E-state index in [0.29, 0.717) is 11.4 Å². The van der Waals surface area contributed by atoms with E-state index < -0.39 is 24.3 Å². The third-order valence-electron chi connectivity index (χ3n) is 3.89. The van der Waals surface area contributed by atoms with Crippen LogP contribution in [0.25, 0.3) is 5.69 Å². The number of anilines is 1. The molecule has 0 aliphatic carbocycles. The second-order valence-electron chi connectivity index (χ2n) is 5.84. The van der Waals surface area contributed by atoms with E-state index in [-0.39, 0.29) is 17.1 Å². The quantitative estimate of drug-likeness (QED) is 0.629. The Morgan fingerprint density at radius 2 is 1.69 bits per heavy atom. The molecular formula is C18H13F5N4O2. The Labute approximate surface area is 160 Å². The maximum atomic E-state index is 12.6. The summed E-state index contributed by atoms with van der Waals surface area (Å²) >= 11 is 0. The lowest BCUT2D eigenvalue weighted by molar-refractivity contribution is -0.137. The first-order valence-electron chi connectivity index (χ1n) is 8.11. The zero-order valence-corrected chi connectivity index (χ0v) is 14.7. The van der Waals surface area contributed by atoms with Crippen molar-refractivity contribution in [1.82, 2.24) is 15.0 Å². The van der Waals surface area contributed by atoms with Gasteiger partial charge in [0.1, 0.15) is 5.75 Å². The minimum atomic E-state index is -4.47. The van der Waals surface area contributed by atoms with Crippen molar-refractivity contribution in [2.24, 2.45) is 0 Å². The molecule has 29 heavy (non-hydrogen) atoms. The van der Waals surface area contributed by atoms with Crippen LogP contribution in [0.5, 0.6) is 5.75 Å². The first-order valence-corrected chi connectivity index (χ1v) is 8.11. The zero-order chi connectivity index (χ0) is 21.2. The molecule has 11 heteroatoms. The summed E-state index contributed by atoms with van der Waals surface area (Å²) in [5.41, 5.74) is 0.0716. The first-order chi connectivity index (χ1) is 13.6. The van der Waals surface area contributed by atoms with Gasteiger partial charge in [0.15, 0.2) is 5.69 Å². The Morgan fingerprint density at radius 3 is 2.24 bits per heavy atom. The molecule has 0 spiro atoms. The number of carbonyl (C=O) groups excluding carboxylic acids is 1. The van der Waals surface area contributed by atoms with Crippen LogP contribution in [0.3, 0.4) is 0 Å². The maximum absolute atomic E-state index is 12.6. The molecule has 0 saturated carbocycles. The van der Waals surface area contributed by atoms with Gasteiger partial charge in [0.25, 0.3) is 5.91 Å². The maximum Gasteiger partial charge on any atom is 0.416 e. The molecule has 0 saturated heterocycles. The van der Waals surface area contributed by atoms with Gasteiger partial charge in [-0.15, -0.1) is 5.10 Å². The molecule has 0 radical (unpaired) electrons. The van der Waals surface area contributed by atoms with E-state index in [1.54, 1.807) is 6.92 Å². The Balaban J connectivity index is 1.75. The van der Waals surface area contributed by atoms with Crippen LogP contribution in [0.4, 0.5) is 27.6 Å². The average molecular weight is 412 g/mol. The van der Waals surface area contributed by atoms with Crippen molar-refractivity contribution in [2.75, 3.05) is 5.32 Å². The highest BCUT2D eigenvalue weighted by atomic mass is 19.4. The molecule has 0 aliphatic rings. The molecule has 3 rings (SSSR count). The van der Waals surface area contributed by atoms with E-state index in [2.05, 4.69) is 20.4 Å². The molecule has 0 atom stereocenters. The van der Waals surface area contributed by atoms with Gasteiger partial charge in [0, 0.05) is 5.69 Å². The predicted octanol–water partition coefficient (Wildman–Crippen LogP) is 4.45. The number of rotatable bonds is 5. The number of benzene rings is 2. The number of halogens is 5. The minimum Gasteiger partial charge on any atom is -0.435 e. The Kier molecular flexibility index (Phi) is 5.48. The van der Waals surface area contributed by atoms with Crippen molar-refractivity contribution in [3.8, 4) is 11.4 Å². The number of alkyl halides is 5. The van der Waals surface area contributed by atoms with Gasteiger partial charge in [-0.25, -0.2) is 4.68 Å². The van der Waals surface area contributed by atoms with Gasteiger partial charge in [0.05, 0.1) is 16.9 Å². The minimum absolute atomic E-state index is 0.0400. The summed E-state index contributed by atoms with van der Waals surface area (Å²) in [5, 5.41) is 10.1.